The fourth-order valence-electron chi connectivity index (χ4n) is 1.86. The Morgan fingerprint density at radius 1 is 1.39 bits per heavy atom. The van der Waals surface area contributed by atoms with Crippen LogP contribution in [0.25, 0.3) is 0 Å². The number of Topliss-reactive ketones (excluding diaryl/α,β-unsaturated/α-hetero) is 1. The van der Waals surface area contributed by atoms with Crippen molar-refractivity contribution in [1.29, 1.82) is 0 Å². The fourth-order valence-corrected chi connectivity index (χ4v) is 2.16. The smallest absolute Gasteiger partial charge is 0.173 e. The summed E-state index contributed by atoms with van der Waals surface area (Å²) in [5, 5.41) is 3.83. The number of piperidine rings is 1. The molecular weight excluding hydrogens is 248 g/mol. The summed E-state index contributed by atoms with van der Waals surface area (Å²) in [6, 6.07) is 7.61. The fraction of sp³-hybridized carbons (Fsp3) is 0.385. The molecule has 0 bridgehead atoms. The molecule has 1 aliphatic heterocycles. The van der Waals surface area contributed by atoms with E-state index in [0.29, 0.717) is 36.8 Å². The summed E-state index contributed by atoms with van der Waals surface area (Å²) in [4.78, 5) is 13.2. The Hall–Kier alpha value is -1.62. The molecule has 96 valence electrons. The van der Waals surface area contributed by atoms with Gasteiger partial charge in [-0.3, -0.25) is 4.79 Å². The summed E-state index contributed by atoms with van der Waals surface area (Å²) >= 11 is 5.34. The van der Waals surface area contributed by atoms with Crippen LogP contribution in [0.1, 0.15) is 12.8 Å². The molecule has 0 unspecified atom stereocenters. The first-order valence-corrected chi connectivity index (χ1v) is 6.31. The van der Waals surface area contributed by atoms with Crippen LogP contribution < -0.4 is 10.1 Å². The van der Waals surface area contributed by atoms with Gasteiger partial charge in [0.25, 0.3) is 0 Å². The maximum Gasteiger partial charge on any atom is 0.173 e. The maximum absolute atomic E-state index is 11.2. The van der Waals surface area contributed by atoms with E-state index in [1.165, 1.54) is 0 Å². The van der Waals surface area contributed by atoms with Crippen molar-refractivity contribution >= 4 is 28.8 Å². The van der Waals surface area contributed by atoms with Crippen LogP contribution in [0.2, 0.25) is 0 Å². The molecule has 0 atom stereocenters. The van der Waals surface area contributed by atoms with E-state index in [0.717, 1.165) is 11.4 Å². The van der Waals surface area contributed by atoms with Crippen LogP contribution in [-0.2, 0) is 4.79 Å². The zero-order valence-corrected chi connectivity index (χ0v) is 11.1. The lowest BCUT2D eigenvalue weighted by atomic mass is 10.1. The van der Waals surface area contributed by atoms with Crippen molar-refractivity contribution in [2.45, 2.75) is 12.8 Å². The summed E-state index contributed by atoms with van der Waals surface area (Å²) in [7, 11) is 1.63. The number of nitrogens with one attached hydrogen (secondary N) is 1. The van der Waals surface area contributed by atoms with E-state index in [2.05, 4.69) is 5.32 Å². The van der Waals surface area contributed by atoms with E-state index < -0.39 is 0 Å². The predicted molar refractivity (Wildman–Crippen MR) is 75.0 cm³/mol. The molecular formula is C13H16N2O2S. The lowest BCUT2D eigenvalue weighted by molar-refractivity contribution is -0.120. The molecule has 0 saturated carbocycles. The number of hydrogen-bond donors (Lipinski definition) is 1. The second-order valence-corrected chi connectivity index (χ2v) is 4.57. The summed E-state index contributed by atoms with van der Waals surface area (Å²) in [5.41, 5.74) is 0.899. The van der Waals surface area contributed by atoms with Crippen LogP contribution in [0.3, 0.4) is 0 Å². The van der Waals surface area contributed by atoms with Crippen molar-refractivity contribution in [3.05, 3.63) is 24.3 Å². The van der Waals surface area contributed by atoms with E-state index >= 15 is 0 Å². The molecule has 1 saturated heterocycles. The number of methoxy groups -OCH3 is 1. The van der Waals surface area contributed by atoms with E-state index in [-0.39, 0.29) is 0 Å². The highest BCUT2D eigenvalue weighted by molar-refractivity contribution is 7.80. The van der Waals surface area contributed by atoms with Gasteiger partial charge in [-0.15, -0.1) is 0 Å². The van der Waals surface area contributed by atoms with Crippen molar-refractivity contribution in [3.8, 4) is 5.75 Å². The molecule has 1 N–H and O–H groups in total. The highest BCUT2D eigenvalue weighted by atomic mass is 32.1. The largest absolute Gasteiger partial charge is 0.497 e. The van der Waals surface area contributed by atoms with Gasteiger partial charge in [-0.1, -0.05) is 6.07 Å². The Morgan fingerprint density at radius 2 is 2.11 bits per heavy atom. The summed E-state index contributed by atoms with van der Waals surface area (Å²) in [6.07, 6.45) is 1.17. The minimum atomic E-state index is 0.315. The van der Waals surface area contributed by atoms with Crippen molar-refractivity contribution in [2.24, 2.45) is 0 Å². The average Bonchev–Trinajstić information content (AvgIpc) is 2.39. The average molecular weight is 264 g/mol. The standard InChI is InChI=1S/C13H16N2O2S/c1-17-12-4-2-3-10(9-12)14-13(18)15-7-5-11(16)6-8-15/h2-4,9H,5-8H2,1H3,(H,14,18). The third-order valence-corrected chi connectivity index (χ3v) is 3.29. The molecule has 1 heterocycles. The van der Waals surface area contributed by atoms with E-state index in [1.54, 1.807) is 7.11 Å². The normalized spacial score (nSPS) is 15.4. The summed E-state index contributed by atoms with van der Waals surface area (Å²) in [5.74, 6) is 1.10. The number of anilines is 1. The van der Waals surface area contributed by atoms with E-state index in [4.69, 9.17) is 17.0 Å². The van der Waals surface area contributed by atoms with E-state index in [9.17, 15) is 4.79 Å². The third kappa shape index (κ3) is 3.20. The molecule has 1 aromatic rings. The van der Waals surface area contributed by atoms with Gasteiger partial charge in [0, 0.05) is 37.7 Å². The molecule has 0 radical (unpaired) electrons. The number of ether oxygens (including phenoxy) is 1. The molecule has 0 aromatic heterocycles. The first kappa shape index (κ1) is 12.8. The van der Waals surface area contributed by atoms with Gasteiger partial charge < -0.3 is 15.0 Å². The zero-order chi connectivity index (χ0) is 13.0. The molecule has 2 rings (SSSR count). The number of rotatable bonds is 2. The first-order valence-electron chi connectivity index (χ1n) is 5.91. The van der Waals surface area contributed by atoms with Crippen LogP contribution in [-0.4, -0.2) is 36.0 Å². The number of likely N-dealkylation sites (tertiary alicyclic amines) is 1. The Bertz CT molecular complexity index is 452. The number of hydrogen-bond acceptors (Lipinski definition) is 3. The van der Waals surface area contributed by atoms with E-state index in [1.807, 2.05) is 29.2 Å². The summed E-state index contributed by atoms with van der Waals surface area (Å²) in [6.45, 7) is 1.41. The zero-order valence-electron chi connectivity index (χ0n) is 10.3. The third-order valence-electron chi connectivity index (χ3n) is 2.93. The molecule has 18 heavy (non-hydrogen) atoms. The van der Waals surface area contributed by atoms with Crippen LogP contribution in [0.4, 0.5) is 5.69 Å². The lowest BCUT2D eigenvalue weighted by Crippen LogP contribution is -2.40. The molecule has 1 aliphatic rings. The monoisotopic (exact) mass is 264 g/mol. The molecule has 5 heteroatoms. The second-order valence-electron chi connectivity index (χ2n) is 4.19. The molecule has 1 aromatic carbocycles. The number of carbonyl (C=O) groups excluding carboxylic acids is 1. The predicted octanol–water partition coefficient (Wildman–Crippen LogP) is 2.06. The number of ketones is 1. The van der Waals surface area contributed by atoms with Crippen molar-refractivity contribution in [1.82, 2.24) is 4.90 Å². The van der Waals surface area contributed by atoms with Crippen molar-refractivity contribution in [3.63, 3.8) is 0 Å². The van der Waals surface area contributed by atoms with Gasteiger partial charge in [0.05, 0.1) is 7.11 Å². The Kier molecular flexibility index (Phi) is 4.15. The highest BCUT2D eigenvalue weighted by Crippen LogP contribution is 2.17. The van der Waals surface area contributed by atoms with Gasteiger partial charge in [0.1, 0.15) is 11.5 Å². The SMILES string of the molecule is COc1cccc(NC(=S)N2CCC(=O)CC2)c1. The van der Waals surface area contributed by atoms with Crippen LogP contribution in [0, 0.1) is 0 Å². The second kappa shape index (κ2) is 5.82. The van der Waals surface area contributed by atoms with Gasteiger partial charge in [-0.25, -0.2) is 0 Å². The number of benzene rings is 1. The Morgan fingerprint density at radius 3 is 2.78 bits per heavy atom. The first-order chi connectivity index (χ1) is 8.69. The highest BCUT2D eigenvalue weighted by Gasteiger charge is 2.18. The molecule has 0 aliphatic carbocycles. The van der Waals surface area contributed by atoms with Gasteiger partial charge in [0.15, 0.2) is 5.11 Å². The van der Waals surface area contributed by atoms with Crippen LogP contribution in [0.5, 0.6) is 5.75 Å². The van der Waals surface area contributed by atoms with Gasteiger partial charge >= 0.3 is 0 Å². The minimum absolute atomic E-state index is 0.315. The minimum Gasteiger partial charge on any atom is -0.497 e. The summed E-state index contributed by atoms with van der Waals surface area (Å²) < 4.78 is 5.15. The molecule has 4 nitrogen and oxygen atoms in total. The van der Waals surface area contributed by atoms with Crippen LogP contribution >= 0.6 is 12.2 Å². The van der Waals surface area contributed by atoms with Gasteiger partial charge in [0.2, 0.25) is 0 Å². The molecule has 0 amide bonds. The molecule has 1 fully saturated rings. The van der Waals surface area contributed by atoms with Gasteiger partial charge in [-0.05, 0) is 24.4 Å². The molecule has 0 spiro atoms. The number of nitrogens with zero attached hydrogens (tertiary/aromatic N) is 1. The van der Waals surface area contributed by atoms with Crippen molar-refractivity contribution in [2.75, 3.05) is 25.5 Å². The number of thiocarbonyl (C=S) groups is 1. The van der Waals surface area contributed by atoms with Crippen LogP contribution in [0.15, 0.2) is 24.3 Å². The maximum atomic E-state index is 11.2. The van der Waals surface area contributed by atoms with Gasteiger partial charge in [-0.2, -0.15) is 0 Å². The Balaban J connectivity index is 1.96. The number of carbonyl (C=O) groups is 1. The Labute approximate surface area is 112 Å². The lowest BCUT2D eigenvalue weighted by Gasteiger charge is -2.28. The van der Waals surface area contributed by atoms with Crippen molar-refractivity contribution < 1.29 is 9.53 Å². The quantitative estimate of drug-likeness (QED) is 0.828. The topological polar surface area (TPSA) is 41.6 Å².